The molecule has 0 radical (unpaired) electrons. The molecule has 6 fully saturated rings. The van der Waals surface area contributed by atoms with Crippen molar-refractivity contribution in [2.45, 2.75) is 87.3 Å². The fourth-order valence-corrected chi connectivity index (χ4v) is 4.05. The lowest BCUT2D eigenvalue weighted by Gasteiger charge is -2.65. The molecule has 0 spiro atoms. The smallest absolute Gasteiger partial charge is 0.408 e. The number of ether oxygens (including phenoxy) is 1. The van der Waals surface area contributed by atoms with Gasteiger partial charge in [0.2, 0.25) is 0 Å². The molecular formula is C15H26Cl2F2N2O2. The lowest BCUT2D eigenvalue weighted by atomic mass is 9.47. The summed E-state index contributed by atoms with van der Waals surface area (Å²) < 4.78 is 30.6. The van der Waals surface area contributed by atoms with Crippen molar-refractivity contribution >= 4 is 30.9 Å². The summed E-state index contributed by atoms with van der Waals surface area (Å²) >= 11 is 0. The number of nitrogens with two attached hydrogens (primary N) is 1. The van der Waals surface area contributed by atoms with Crippen molar-refractivity contribution in [3.63, 3.8) is 0 Å². The standard InChI is InChI=1S/C10H16FNO2.C5H8FN.2ClH/c1-8(2,3)14-7(13)12-10-4-9(11,5-10)6-10;6-4-1-5(7,2-4)3-4;;/h4-6H2,1-3H3,(H,12,13);1-3,7H2;2*1H. The van der Waals surface area contributed by atoms with Crippen molar-refractivity contribution in [1.29, 1.82) is 0 Å². The number of amides is 1. The van der Waals surface area contributed by atoms with E-state index in [2.05, 4.69) is 5.32 Å². The largest absolute Gasteiger partial charge is 0.444 e. The summed E-state index contributed by atoms with van der Waals surface area (Å²) in [5.74, 6) is 0. The van der Waals surface area contributed by atoms with Crippen LogP contribution < -0.4 is 11.1 Å². The Balaban J connectivity index is 0.000000249. The van der Waals surface area contributed by atoms with Gasteiger partial charge in [-0.15, -0.1) is 24.8 Å². The molecule has 0 aromatic rings. The first kappa shape index (κ1) is 20.7. The van der Waals surface area contributed by atoms with Crippen LogP contribution in [0.15, 0.2) is 0 Å². The van der Waals surface area contributed by atoms with Crippen molar-refractivity contribution in [2.75, 3.05) is 0 Å². The molecule has 0 aliphatic heterocycles. The molecule has 0 aromatic heterocycles. The van der Waals surface area contributed by atoms with Crippen molar-refractivity contribution in [3.05, 3.63) is 0 Å². The van der Waals surface area contributed by atoms with Crippen LogP contribution in [0.3, 0.4) is 0 Å². The fourth-order valence-electron chi connectivity index (χ4n) is 4.05. The number of nitrogens with one attached hydrogen (secondary N) is 1. The minimum atomic E-state index is -0.977. The molecule has 6 aliphatic rings. The summed E-state index contributed by atoms with van der Waals surface area (Å²) in [7, 11) is 0. The summed E-state index contributed by atoms with van der Waals surface area (Å²) in [6.45, 7) is 5.43. The van der Waals surface area contributed by atoms with Crippen LogP contribution >= 0.6 is 24.8 Å². The Kier molecular flexibility index (Phi) is 5.04. The van der Waals surface area contributed by atoms with Gasteiger partial charge >= 0.3 is 6.09 Å². The van der Waals surface area contributed by atoms with Gasteiger partial charge in [0.05, 0.1) is 5.54 Å². The third-order valence-electron chi connectivity index (χ3n) is 4.74. The second kappa shape index (κ2) is 5.60. The van der Waals surface area contributed by atoms with Crippen LogP contribution in [0.25, 0.3) is 0 Å². The van der Waals surface area contributed by atoms with E-state index in [0.717, 1.165) is 0 Å². The number of rotatable bonds is 1. The molecule has 0 aromatic carbocycles. The maximum atomic E-state index is 13.1. The van der Waals surface area contributed by atoms with Crippen LogP contribution in [0.1, 0.15) is 59.3 Å². The summed E-state index contributed by atoms with van der Waals surface area (Å²) in [5.41, 5.74) is 2.95. The normalized spacial score (nSPS) is 44.1. The number of alkyl halides is 2. The van der Waals surface area contributed by atoms with Gasteiger partial charge in [0.15, 0.2) is 0 Å². The number of hydrogen-bond donors (Lipinski definition) is 2. The quantitative estimate of drug-likeness (QED) is 0.736. The predicted octanol–water partition coefficient (Wildman–Crippen LogP) is 3.59. The number of carbonyl (C=O) groups is 1. The van der Waals surface area contributed by atoms with Crippen LogP contribution in [0.5, 0.6) is 0 Å². The molecular weight excluding hydrogens is 349 g/mol. The van der Waals surface area contributed by atoms with E-state index in [0.29, 0.717) is 38.5 Å². The zero-order valence-corrected chi connectivity index (χ0v) is 15.3. The number of hydrogen-bond acceptors (Lipinski definition) is 3. The summed E-state index contributed by atoms with van der Waals surface area (Å²) in [6.07, 6.45) is 2.82. The number of alkyl carbamates (subject to hydrolysis) is 1. The van der Waals surface area contributed by atoms with E-state index in [1.165, 1.54) is 0 Å². The molecule has 0 atom stereocenters. The van der Waals surface area contributed by atoms with Gasteiger partial charge in [-0.25, -0.2) is 13.6 Å². The van der Waals surface area contributed by atoms with E-state index in [1.807, 2.05) is 20.8 Å². The Labute approximate surface area is 148 Å². The molecule has 4 nitrogen and oxygen atoms in total. The highest BCUT2D eigenvalue weighted by atomic mass is 35.5. The molecule has 23 heavy (non-hydrogen) atoms. The minimum Gasteiger partial charge on any atom is -0.444 e. The maximum absolute atomic E-state index is 13.1. The summed E-state index contributed by atoms with van der Waals surface area (Å²) in [5, 5.41) is 2.74. The van der Waals surface area contributed by atoms with Crippen LogP contribution in [-0.2, 0) is 4.74 Å². The van der Waals surface area contributed by atoms with E-state index in [-0.39, 0.29) is 35.9 Å². The van der Waals surface area contributed by atoms with Crippen LogP contribution in [0, 0.1) is 0 Å². The minimum absolute atomic E-state index is 0. The Morgan fingerprint density at radius 3 is 1.61 bits per heavy atom. The zero-order valence-electron chi connectivity index (χ0n) is 13.7. The highest BCUT2D eigenvalue weighted by molar-refractivity contribution is 5.85. The first-order valence-electron chi connectivity index (χ1n) is 7.52. The van der Waals surface area contributed by atoms with Gasteiger partial charge in [0, 0.05) is 24.8 Å². The monoisotopic (exact) mass is 374 g/mol. The second-order valence-electron chi connectivity index (χ2n) is 8.63. The molecule has 6 aliphatic carbocycles. The molecule has 8 heteroatoms. The van der Waals surface area contributed by atoms with E-state index in [9.17, 15) is 13.6 Å². The van der Waals surface area contributed by atoms with Crippen LogP contribution in [-0.4, -0.2) is 34.1 Å². The molecule has 136 valence electrons. The topological polar surface area (TPSA) is 64.3 Å². The molecule has 6 rings (SSSR count). The van der Waals surface area contributed by atoms with Crippen molar-refractivity contribution in [3.8, 4) is 0 Å². The van der Waals surface area contributed by atoms with Crippen LogP contribution in [0.2, 0.25) is 0 Å². The summed E-state index contributed by atoms with van der Waals surface area (Å²) in [6, 6.07) is 0. The Morgan fingerprint density at radius 2 is 1.39 bits per heavy atom. The van der Waals surface area contributed by atoms with E-state index in [1.54, 1.807) is 0 Å². The van der Waals surface area contributed by atoms with Gasteiger partial charge in [-0.05, 0) is 40.0 Å². The molecule has 0 heterocycles. The third-order valence-corrected chi connectivity index (χ3v) is 4.74. The highest BCUT2D eigenvalue weighted by Gasteiger charge is 2.70. The molecule has 6 saturated carbocycles. The molecule has 1 amide bonds. The average molecular weight is 375 g/mol. The third kappa shape index (κ3) is 4.02. The average Bonchev–Trinajstić information content (AvgIpc) is 2.07. The lowest BCUT2D eigenvalue weighted by Crippen LogP contribution is -2.77. The Hall–Kier alpha value is -0.330. The molecule has 4 bridgehead atoms. The van der Waals surface area contributed by atoms with Gasteiger partial charge in [-0.2, -0.15) is 0 Å². The van der Waals surface area contributed by atoms with Crippen molar-refractivity contribution < 1.29 is 18.3 Å². The van der Waals surface area contributed by atoms with E-state index < -0.39 is 23.0 Å². The van der Waals surface area contributed by atoms with E-state index >= 15 is 0 Å². The summed E-state index contributed by atoms with van der Waals surface area (Å²) in [4.78, 5) is 11.3. The van der Waals surface area contributed by atoms with Crippen LogP contribution in [0.4, 0.5) is 13.6 Å². The zero-order chi connectivity index (χ0) is 15.7. The van der Waals surface area contributed by atoms with Gasteiger partial charge in [-0.1, -0.05) is 0 Å². The SMILES string of the molecule is CC(C)(C)OC(=O)NC12CC(F)(C1)C2.Cl.Cl.NC12CC(F)(C1)C2. The first-order chi connectivity index (χ1) is 9.34. The lowest BCUT2D eigenvalue weighted by molar-refractivity contribution is -0.166. The van der Waals surface area contributed by atoms with Gasteiger partial charge in [-0.3, -0.25) is 0 Å². The highest BCUT2D eigenvalue weighted by Crippen LogP contribution is 2.63. The molecule has 3 N–H and O–H groups in total. The van der Waals surface area contributed by atoms with Gasteiger partial charge < -0.3 is 15.8 Å². The van der Waals surface area contributed by atoms with Gasteiger partial charge in [0.25, 0.3) is 0 Å². The Bertz CT molecular complexity index is 445. The maximum Gasteiger partial charge on any atom is 0.408 e. The van der Waals surface area contributed by atoms with Gasteiger partial charge in [0.1, 0.15) is 16.9 Å². The molecule has 0 saturated heterocycles. The molecule has 0 unspecified atom stereocenters. The first-order valence-corrected chi connectivity index (χ1v) is 7.52. The second-order valence-corrected chi connectivity index (χ2v) is 8.63. The van der Waals surface area contributed by atoms with E-state index in [4.69, 9.17) is 10.5 Å². The number of halogens is 4. The van der Waals surface area contributed by atoms with Crippen molar-refractivity contribution in [1.82, 2.24) is 5.32 Å². The number of carbonyl (C=O) groups excluding carboxylic acids is 1. The van der Waals surface area contributed by atoms with Crippen molar-refractivity contribution in [2.24, 2.45) is 5.73 Å². The predicted molar refractivity (Wildman–Crippen MR) is 88.9 cm³/mol. The Morgan fingerprint density at radius 1 is 1.00 bits per heavy atom. The fraction of sp³-hybridized carbons (Fsp3) is 0.933.